The lowest BCUT2D eigenvalue weighted by atomic mass is 9.67. The molecule has 0 spiro atoms. The standard InChI is InChI=1S/C17H34N2S/c1-6-18-16-15(8-7-9-17(16,4)5)12-19-10-13(2)20-14(3)11-19/h13-16,18H,6-12H2,1-5H3. The van der Waals surface area contributed by atoms with Gasteiger partial charge in [0, 0.05) is 36.2 Å². The highest BCUT2D eigenvalue weighted by molar-refractivity contribution is 8.00. The Hall–Kier alpha value is 0.270. The van der Waals surface area contributed by atoms with E-state index in [1.807, 2.05) is 0 Å². The van der Waals surface area contributed by atoms with Crippen LogP contribution in [-0.2, 0) is 0 Å². The van der Waals surface area contributed by atoms with Crippen LogP contribution in [0.25, 0.3) is 0 Å². The molecule has 0 bridgehead atoms. The van der Waals surface area contributed by atoms with E-state index in [0.717, 1.165) is 23.0 Å². The summed E-state index contributed by atoms with van der Waals surface area (Å²) in [5, 5.41) is 5.40. The molecule has 2 nitrogen and oxygen atoms in total. The molecule has 4 unspecified atom stereocenters. The maximum atomic E-state index is 3.80. The van der Waals surface area contributed by atoms with E-state index in [2.05, 4.69) is 56.6 Å². The topological polar surface area (TPSA) is 15.3 Å². The van der Waals surface area contributed by atoms with Gasteiger partial charge in [0.15, 0.2) is 0 Å². The molecular weight excluding hydrogens is 264 g/mol. The summed E-state index contributed by atoms with van der Waals surface area (Å²) in [7, 11) is 0. The van der Waals surface area contributed by atoms with E-state index >= 15 is 0 Å². The van der Waals surface area contributed by atoms with E-state index in [-0.39, 0.29) is 0 Å². The maximum absolute atomic E-state index is 3.80. The second-order valence-electron chi connectivity index (χ2n) is 7.65. The Bertz CT molecular complexity index is 295. The summed E-state index contributed by atoms with van der Waals surface area (Å²) in [5.41, 5.74) is 0.459. The van der Waals surface area contributed by atoms with Crippen LogP contribution in [0.3, 0.4) is 0 Å². The molecule has 0 aromatic rings. The molecule has 1 N–H and O–H groups in total. The van der Waals surface area contributed by atoms with Crippen LogP contribution in [0.5, 0.6) is 0 Å². The van der Waals surface area contributed by atoms with Crippen molar-refractivity contribution in [1.82, 2.24) is 10.2 Å². The molecule has 118 valence electrons. The van der Waals surface area contributed by atoms with Gasteiger partial charge in [-0.2, -0.15) is 11.8 Å². The minimum Gasteiger partial charge on any atom is -0.313 e. The number of nitrogens with zero attached hydrogens (tertiary/aromatic N) is 1. The Morgan fingerprint density at radius 2 is 1.85 bits per heavy atom. The fourth-order valence-corrected chi connectivity index (χ4v) is 5.79. The van der Waals surface area contributed by atoms with Gasteiger partial charge < -0.3 is 10.2 Å². The highest BCUT2D eigenvalue weighted by Gasteiger charge is 2.39. The Morgan fingerprint density at radius 3 is 2.45 bits per heavy atom. The molecule has 3 heteroatoms. The molecule has 1 saturated heterocycles. The number of hydrogen-bond acceptors (Lipinski definition) is 3. The van der Waals surface area contributed by atoms with E-state index in [4.69, 9.17) is 0 Å². The fourth-order valence-electron chi connectivity index (χ4n) is 4.40. The first-order valence-electron chi connectivity index (χ1n) is 8.53. The van der Waals surface area contributed by atoms with Crippen molar-refractivity contribution in [1.29, 1.82) is 0 Å². The second kappa shape index (κ2) is 7.02. The van der Waals surface area contributed by atoms with Crippen molar-refractivity contribution in [2.75, 3.05) is 26.2 Å². The Morgan fingerprint density at radius 1 is 1.20 bits per heavy atom. The summed E-state index contributed by atoms with van der Waals surface area (Å²) < 4.78 is 0. The van der Waals surface area contributed by atoms with Crippen molar-refractivity contribution in [2.24, 2.45) is 11.3 Å². The van der Waals surface area contributed by atoms with Crippen LogP contribution in [0.15, 0.2) is 0 Å². The molecule has 0 radical (unpaired) electrons. The Balaban J connectivity index is 1.98. The minimum atomic E-state index is 0.459. The zero-order valence-corrected chi connectivity index (χ0v) is 14.9. The molecule has 0 aromatic heterocycles. The molecule has 0 amide bonds. The van der Waals surface area contributed by atoms with Crippen molar-refractivity contribution in [3.05, 3.63) is 0 Å². The lowest BCUT2D eigenvalue weighted by Crippen LogP contribution is -2.54. The smallest absolute Gasteiger partial charge is 0.0159 e. The first-order chi connectivity index (χ1) is 9.42. The quantitative estimate of drug-likeness (QED) is 0.853. The highest BCUT2D eigenvalue weighted by atomic mass is 32.2. The molecule has 2 rings (SSSR count). The first-order valence-corrected chi connectivity index (χ1v) is 9.48. The normalized spacial score (nSPS) is 38.9. The van der Waals surface area contributed by atoms with Gasteiger partial charge in [-0.05, 0) is 30.7 Å². The highest BCUT2D eigenvalue weighted by Crippen LogP contribution is 2.39. The van der Waals surface area contributed by atoms with Crippen LogP contribution in [0, 0.1) is 11.3 Å². The number of hydrogen-bond donors (Lipinski definition) is 1. The van der Waals surface area contributed by atoms with Crippen molar-refractivity contribution in [3.8, 4) is 0 Å². The number of nitrogens with one attached hydrogen (secondary N) is 1. The van der Waals surface area contributed by atoms with E-state index in [9.17, 15) is 0 Å². The summed E-state index contributed by atoms with van der Waals surface area (Å²) >= 11 is 2.16. The van der Waals surface area contributed by atoms with Crippen LogP contribution in [0.2, 0.25) is 0 Å². The van der Waals surface area contributed by atoms with Crippen LogP contribution >= 0.6 is 11.8 Å². The molecule has 20 heavy (non-hydrogen) atoms. The zero-order chi connectivity index (χ0) is 14.8. The van der Waals surface area contributed by atoms with Gasteiger partial charge in [-0.3, -0.25) is 0 Å². The molecule has 2 aliphatic rings. The molecule has 2 fully saturated rings. The minimum absolute atomic E-state index is 0.459. The van der Waals surface area contributed by atoms with Gasteiger partial charge in [-0.15, -0.1) is 0 Å². The van der Waals surface area contributed by atoms with Gasteiger partial charge in [0.1, 0.15) is 0 Å². The van der Waals surface area contributed by atoms with E-state index in [1.165, 1.54) is 38.9 Å². The Labute approximate surface area is 130 Å². The van der Waals surface area contributed by atoms with Crippen LogP contribution < -0.4 is 5.32 Å². The zero-order valence-electron chi connectivity index (χ0n) is 14.1. The van der Waals surface area contributed by atoms with Crippen molar-refractivity contribution < 1.29 is 0 Å². The van der Waals surface area contributed by atoms with E-state index < -0.39 is 0 Å². The van der Waals surface area contributed by atoms with Gasteiger partial charge in [0.25, 0.3) is 0 Å². The van der Waals surface area contributed by atoms with Gasteiger partial charge in [-0.25, -0.2) is 0 Å². The van der Waals surface area contributed by atoms with Crippen molar-refractivity contribution in [2.45, 2.75) is 70.4 Å². The molecule has 1 heterocycles. The third-order valence-electron chi connectivity index (χ3n) is 5.12. The van der Waals surface area contributed by atoms with Gasteiger partial charge in [-0.1, -0.05) is 41.0 Å². The molecule has 1 saturated carbocycles. The summed E-state index contributed by atoms with van der Waals surface area (Å²) in [5.74, 6) is 0.834. The monoisotopic (exact) mass is 298 g/mol. The summed E-state index contributed by atoms with van der Waals surface area (Å²) in [6.07, 6.45) is 4.20. The SMILES string of the molecule is CCNC1C(CN2CC(C)SC(C)C2)CCCC1(C)C. The van der Waals surface area contributed by atoms with Crippen LogP contribution in [-0.4, -0.2) is 47.6 Å². The molecule has 0 aromatic carbocycles. The summed E-state index contributed by atoms with van der Waals surface area (Å²) in [6, 6.07) is 0.696. The van der Waals surface area contributed by atoms with Gasteiger partial charge in [0.2, 0.25) is 0 Å². The molecule has 4 atom stereocenters. The average molecular weight is 299 g/mol. The lowest BCUT2D eigenvalue weighted by molar-refractivity contribution is 0.0792. The first kappa shape index (κ1) is 16.6. The van der Waals surface area contributed by atoms with E-state index in [0.29, 0.717) is 11.5 Å². The predicted molar refractivity (Wildman–Crippen MR) is 91.5 cm³/mol. The molecule has 1 aliphatic carbocycles. The number of thioether (sulfide) groups is 1. The predicted octanol–water partition coefficient (Wildman–Crippen LogP) is 3.62. The van der Waals surface area contributed by atoms with Crippen LogP contribution in [0.4, 0.5) is 0 Å². The third kappa shape index (κ3) is 4.14. The fraction of sp³-hybridized carbons (Fsp3) is 1.00. The molecule has 1 aliphatic heterocycles. The summed E-state index contributed by atoms with van der Waals surface area (Å²) in [4.78, 5) is 2.74. The lowest BCUT2D eigenvalue weighted by Gasteiger charge is -2.47. The van der Waals surface area contributed by atoms with Crippen LogP contribution in [0.1, 0.15) is 53.9 Å². The molecular formula is C17H34N2S. The van der Waals surface area contributed by atoms with Gasteiger partial charge in [0.05, 0.1) is 0 Å². The van der Waals surface area contributed by atoms with Crippen molar-refractivity contribution in [3.63, 3.8) is 0 Å². The Kier molecular flexibility index (Phi) is 5.84. The van der Waals surface area contributed by atoms with Gasteiger partial charge >= 0.3 is 0 Å². The third-order valence-corrected chi connectivity index (χ3v) is 6.35. The number of rotatable bonds is 4. The van der Waals surface area contributed by atoms with Crippen molar-refractivity contribution >= 4 is 11.8 Å². The summed E-state index contributed by atoms with van der Waals surface area (Å²) in [6.45, 7) is 16.9. The maximum Gasteiger partial charge on any atom is 0.0159 e. The largest absolute Gasteiger partial charge is 0.313 e. The van der Waals surface area contributed by atoms with E-state index in [1.54, 1.807) is 0 Å². The average Bonchev–Trinajstić information content (AvgIpc) is 2.32. The second-order valence-corrected chi connectivity index (χ2v) is 9.53.